The fourth-order valence-corrected chi connectivity index (χ4v) is 4.83. The van der Waals surface area contributed by atoms with E-state index in [1.165, 1.54) is 10.4 Å². The Kier molecular flexibility index (Phi) is 8.18. The summed E-state index contributed by atoms with van der Waals surface area (Å²) in [7, 11) is 0. The first kappa shape index (κ1) is 24.1. The van der Waals surface area contributed by atoms with E-state index in [2.05, 4.69) is 16.8 Å². The van der Waals surface area contributed by atoms with Crippen LogP contribution in [0.2, 0.25) is 0 Å². The van der Waals surface area contributed by atoms with Gasteiger partial charge in [-0.3, -0.25) is 4.79 Å². The van der Waals surface area contributed by atoms with Crippen LogP contribution in [-0.2, 0) is 11.2 Å². The third-order valence-electron chi connectivity index (χ3n) is 5.95. The van der Waals surface area contributed by atoms with Gasteiger partial charge in [0.1, 0.15) is 18.9 Å². The van der Waals surface area contributed by atoms with Crippen LogP contribution in [0.4, 0.5) is 4.79 Å². The number of benzene rings is 1. The lowest BCUT2D eigenvalue weighted by atomic mass is 10.00. The van der Waals surface area contributed by atoms with Crippen molar-refractivity contribution in [3.63, 3.8) is 0 Å². The molecule has 1 aromatic heterocycles. The summed E-state index contributed by atoms with van der Waals surface area (Å²) >= 11 is 1.73. The Labute approximate surface area is 195 Å². The molecule has 6 nitrogen and oxygen atoms in total. The number of nitrogens with one attached hydrogen (secondary N) is 1. The summed E-state index contributed by atoms with van der Waals surface area (Å²) in [6.45, 7) is 11.0. The van der Waals surface area contributed by atoms with Crippen molar-refractivity contribution in [2.45, 2.75) is 65.6 Å². The van der Waals surface area contributed by atoms with Gasteiger partial charge in [0.15, 0.2) is 0 Å². The quantitative estimate of drug-likeness (QED) is 0.621. The van der Waals surface area contributed by atoms with Gasteiger partial charge in [-0.05, 0) is 69.7 Å². The van der Waals surface area contributed by atoms with Crippen LogP contribution in [0.25, 0.3) is 0 Å². The van der Waals surface area contributed by atoms with Gasteiger partial charge in [-0.2, -0.15) is 0 Å². The zero-order valence-electron chi connectivity index (χ0n) is 19.8. The maximum Gasteiger partial charge on any atom is 0.318 e. The van der Waals surface area contributed by atoms with Gasteiger partial charge in [0.05, 0.1) is 6.04 Å². The van der Waals surface area contributed by atoms with Crippen LogP contribution in [0.15, 0.2) is 35.7 Å². The highest BCUT2D eigenvalue weighted by molar-refractivity contribution is 7.10. The van der Waals surface area contributed by atoms with Crippen molar-refractivity contribution in [2.24, 2.45) is 0 Å². The summed E-state index contributed by atoms with van der Waals surface area (Å²) in [5, 5.41) is 5.02. The second-order valence-corrected chi connectivity index (χ2v) is 9.77. The van der Waals surface area contributed by atoms with E-state index in [1.807, 2.05) is 63.8 Å². The highest BCUT2D eigenvalue weighted by Crippen LogP contribution is 2.34. The molecule has 2 aromatic rings. The smallest absolute Gasteiger partial charge is 0.318 e. The zero-order valence-corrected chi connectivity index (χ0v) is 20.6. The number of amides is 3. The number of aryl methyl sites for hydroxylation is 1. The molecule has 3 amide bonds. The van der Waals surface area contributed by atoms with E-state index in [-0.39, 0.29) is 36.6 Å². The van der Waals surface area contributed by atoms with Gasteiger partial charge in [0, 0.05) is 23.5 Å². The van der Waals surface area contributed by atoms with E-state index in [0.717, 1.165) is 24.2 Å². The van der Waals surface area contributed by atoms with Crippen LogP contribution in [-0.4, -0.2) is 53.5 Å². The van der Waals surface area contributed by atoms with Crippen LogP contribution in [0.3, 0.4) is 0 Å². The molecule has 0 saturated carbocycles. The van der Waals surface area contributed by atoms with Gasteiger partial charge in [-0.15, -0.1) is 11.3 Å². The van der Waals surface area contributed by atoms with Crippen molar-refractivity contribution < 1.29 is 14.3 Å². The van der Waals surface area contributed by atoms with Gasteiger partial charge in [-0.1, -0.05) is 24.6 Å². The molecule has 32 heavy (non-hydrogen) atoms. The molecular weight excluding hydrogens is 422 g/mol. The van der Waals surface area contributed by atoms with Crippen molar-refractivity contribution in [1.82, 2.24) is 15.1 Å². The van der Waals surface area contributed by atoms with Gasteiger partial charge in [-0.25, -0.2) is 4.79 Å². The summed E-state index contributed by atoms with van der Waals surface area (Å²) in [6.07, 6.45) is 1.62. The minimum atomic E-state index is -0.191. The number of hydrogen-bond acceptors (Lipinski definition) is 4. The van der Waals surface area contributed by atoms with Crippen LogP contribution < -0.4 is 10.1 Å². The maximum atomic E-state index is 13.5. The number of nitrogens with zero attached hydrogens (tertiary/aromatic N) is 2. The van der Waals surface area contributed by atoms with Crippen LogP contribution >= 0.6 is 11.3 Å². The Morgan fingerprint density at radius 2 is 1.94 bits per heavy atom. The monoisotopic (exact) mass is 457 g/mol. The highest BCUT2D eigenvalue weighted by Gasteiger charge is 2.34. The Balaban J connectivity index is 1.77. The molecule has 3 rings (SSSR count). The largest absolute Gasteiger partial charge is 0.491 e. The zero-order chi connectivity index (χ0) is 23.3. The minimum Gasteiger partial charge on any atom is -0.491 e. The SMILES string of the molecule is CC[C@H](C)N(CC(=O)N1CCc2sccc2[C@H]1COc1ccc(C)cc1)C(=O)NC(C)C. The first-order valence-electron chi connectivity index (χ1n) is 11.4. The molecule has 0 fully saturated rings. The second kappa shape index (κ2) is 10.9. The number of carbonyl (C=O) groups is 2. The average Bonchev–Trinajstić information content (AvgIpc) is 3.24. The summed E-state index contributed by atoms with van der Waals surface area (Å²) < 4.78 is 6.10. The predicted octanol–water partition coefficient (Wildman–Crippen LogP) is 4.78. The van der Waals surface area contributed by atoms with E-state index < -0.39 is 0 Å². The molecule has 0 aliphatic carbocycles. The lowest BCUT2D eigenvalue weighted by Gasteiger charge is -2.38. The van der Waals surface area contributed by atoms with Crippen LogP contribution in [0.1, 0.15) is 56.2 Å². The van der Waals surface area contributed by atoms with Gasteiger partial charge in [0.25, 0.3) is 0 Å². The molecule has 2 atom stereocenters. The summed E-state index contributed by atoms with van der Waals surface area (Å²) in [5.41, 5.74) is 2.33. The molecule has 1 aliphatic heterocycles. The molecule has 1 aliphatic rings. The first-order valence-corrected chi connectivity index (χ1v) is 12.3. The lowest BCUT2D eigenvalue weighted by Crippen LogP contribution is -2.53. The molecule has 0 bridgehead atoms. The molecule has 0 radical (unpaired) electrons. The lowest BCUT2D eigenvalue weighted by molar-refractivity contribution is -0.136. The van der Waals surface area contributed by atoms with E-state index >= 15 is 0 Å². The fourth-order valence-electron chi connectivity index (χ4n) is 3.90. The molecule has 0 saturated heterocycles. The molecule has 1 aromatic carbocycles. The number of urea groups is 1. The predicted molar refractivity (Wildman–Crippen MR) is 129 cm³/mol. The third kappa shape index (κ3) is 5.82. The topological polar surface area (TPSA) is 61.9 Å². The molecule has 0 spiro atoms. The van der Waals surface area contributed by atoms with Crippen molar-refractivity contribution in [3.05, 3.63) is 51.7 Å². The molecule has 2 heterocycles. The normalized spacial score (nSPS) is 16.4. The van der Waals surface area contributed by atoms with Crippen molar-refractivity contribution in [1.29, 1.82) is 0 Å². The number of rotatable bonds is 8. The average molecular weight is 458 g/mol. The van der Waals surface area contributed by atoms with Gasteiger partial charge >= 0.3 is 6.03 Å². The van der Waals surface area contributed by atoms with E-state index in [0.29, 0.717) is 13.2 Å². The fraction of sp³-hybridized carbons (Fsp3) is 0.520. The Bertz CT molecular complexity index is 909. The van der Waals surface area contributed by atoms with Crippen LogP contribution in [0.5, 0.6) is 5.75 Å². The molecule has 7 heteroatoms. The van der Waals surface area contributed by atoms with Crippen LogP contribution in [0, 0.1) is 6.92 Å². The number of carbonyl (C=O) groups excluding carboxylic acids is 2. The molecule has 1 N–H and O–H groups in total. The standard InChI is InChI=1S/C25H35N3O3S/c1-6-19(5)28(25(30)26-17(2)3)15-24(29)27-13-11-23-21(12-14-32-23)22(27)16-31-20-9-7-18(4)8-10-20/h7-10,12,14,17,19,22H,6,11,13,15-16H2,1-5H3,(H,26,30)/t19-,22+/m0/s1. The molecular formula is C25H35N3O3S. The Hall–Kier alpha value is -2.54. The molecule has 0 unspecified atom stereocenters. The van der Waals surface area contributed by atoms with Crippen molar-refractivity contribution >= 4 is 23.3 Å². The Morgan fingerprint density at radius 3 is 2.59 bits per heavy atom. The number of thiophene rings is 1. The summed E-state index contributed by atoms with van der Waals surface area (Å²) in [6, 6.07) is 9.69. The van der Waals surface area contributed by atoms with Crippen molar-refractivity contribution in [3.8, 4) is 5.75 Å². The third-order valence-corrected chi connectivity index (χ3v) is 6.94. The number of hydrogen-bond donors (Lipinski definition) is 1. The van der Waals surface area contributed by atoms with E-state index in [4.69, 9.17) is 4.74 Å². The van der Waals surface area contributed by atoms with Crippen molar-refractivity contribution in [2.75, 3.05) is 19.7 Å². The first-order chi connectivity index (χ1) is 15.3. The number of ether oxygens (including phenoxy) is 1. The van der Waals surface area contributed by atoms with Gasteiger partial charge < -0.3 is 19.9 Å². The summed E-state index contributed by atoms with van der Waals surface area (Å²) in [5.74, 6) is 0.751. The number of fused-ring (bicyclic) bond motifs is 1. The summed E-state index contributed by atoms with van der Waals surface area (Å²) in [4.78, 5) is 31.1. The minimum absolute atomic E-state index is 0.0168. The van der Waals surface area contributed by atoms with E-state index in [9.17, 15) is 9.59 Å². The highest BCUT2D eigenvalue weighted by atomic mass is 32.1. The second-order valence-electron chi connectivity index (χ2n) is 8.77. The Morgan fingerprint density at radius 1 is 1.22 bits per heavy atom. The molecule has 174 valence electrons. The van der Waals surface area contributed by atoms with E-state index in [1.54, 1.807) is 16.2 Å². The van der Waals surface area contributed by atoms with Gasteiger partial charge in [0.2, 0.25) is 5.91 Å². The maximum absolute atomic E-state index is 13.5.